The maximum Gasteiger partial charge on any atom is 0.178 e. The Bertz CT molecular complexity index is 635. The van der Waals surface area contributed by atoms with Crippen molar-refractivity contribution in [3.05, 3.63) is 26.9 Å². The highest BCUT2D eigenvalue weighted by molar-refractivity contribution is 7.71. The Hall–Kier alpha value is -0.510. The molecule has 0 fully saturated rings. The molecule has 0 spiro atoms. The lowest BCUT2D eigenvalue weighted by Gasteiger charge is -2.18. The van der Waals surface area contributed by atoms with E-state index in [2.05, 4.69) is 30.3 Å². The molecule has 2 aromatic rings. The number of aryl methyl sites for hydroxylation is 1. The molecule has 0 amide bonds. The van der Waals surface area contributed by atoms with E-state index in [1.54, 1.807) is 0 Å². The van der Waals surface area contributed by atoms with Crippen LogP contribution in [-0.2, 0) is 6.54 Å². The molecule has 1 aromatic heterocycles. The van der Waals surface area contributed by atoms with E-state index in [-0.39, 0.29) is 5.41 Å². The van der Waals surface area contributed by atoms with Crippen LogP contribution >= 0.6 is 35.4 Å². The van der Waals surface area contributed by atoms with Crippen molar-refractivity contribution in [2.75, 3.05) is 0 Å². The number of rotatable bonds is 2. The SMILES string of the molecule is CC(C)(C)CCn1c(=S)[nH]c2cc(Cl)c(Cl)cc21. The van der Waals surface area contributed by atoms with Crippen molar-refractivity contribution in [2.45, 2.75) is 33.7 Å². The van der Waals surface area contributed by atoms with Crippen molar-refractivity contribution >= 4 is 46.5 Å². The van der Waals surface area contributed by atoms with Gasteiger partial charge in [0.15, 0.2) is 4.77 Å². The number of imidazole rings is 1. The van der Waals surface area contributed by atoms with Crippen molar-refractivity contribution < 1.29 is 0 Å². The van der Waals surface area contributed by atoms with Crippen molar-refractivity contribution in [3.8, 4) is 0 Å². The van der Waals surface area contributed by atoms with Crippen molar-refractivity contribution in [1.29, 1.82) is 0 Å². The molecule has 5 heteroatoms. The van der Waals surface area contributed by atoms with Crippen LogP contribution in [0.25, 0.3) is 11.0 Å². The van der Waals surface area contributed by atoms with Gasteiger partial charge in [-0.2, -0.15) is 0 Å². The van der Waals surface area contributed by atoms with Gasteiger partial charge in [0.1, 0.15) is 0 Å². The molecule has 18 heavy (non-hydrogen) atoms. The first kappa shape index (κ1) is 13.9. The Kier molecular flexibility index (Phi) is 3.77. The van der Waals surface area contributed by atoms with E-state index in [9.17, 15) is 0 Å². The first-order valence-corrected chi connectivity index (χ1v) is 7.02. The topological polar surface area (TPSA) is 20.7 Å². The van der Waals surface area contributed by atoms with Gasteiger partial charge in [0.2, 0.25) is 0 Å². The predicted molar refractivity (Wildman–Crippen MR) is 81.2 cm³/mol. The first-order valence-electron chi connectivity index (χ1n) is 5.85. The number of aromatic amines is 1. The number of benzene rings is 1. The van der Waals surface area contributed by atoms with Crippen LogP contribution in [-0.4, -0.2) is 9.55 Å². The Labute approximate surface area is 122 Å². The molecule has 0 aliphatic rings. The fourth-order valence-electron chi connectivity index (χ4n) is 1.82. The van der Waals surface area contributed by atoms with Crippen LogP contribution in [0, 0.1) is 10.2 Å². The number of hydrogen-bond acceptors (Lipinski definition) is 1. The predicted octanol–water partition coefficient (Wildman–Crippen LogP) is 5.44. The smallest absolute Gasteiger partial charge is 0.178 e. The third kappa shape index (κ3) is 2.90. The Morgan fingerprint density at radius 1 is 1.22 bits per heavy atom. The molecule has 0 unspecified atom stereocenters. The summed E-state index contributed by atoms with van der Waals surface area (Å²) in [5.74, 6) is 0. The normalized spacial score (nSPS) is 12.3. The van der Waals surface area contributed by atoms with Gasteiger partial charge in [-0.05, 0) is 36.2 Å². The van der Waals surface area contributed by atoms with Crippen LogP contribution in [0.2, 0.25) is 10.0 Å². The minimum absolute atomic E-state index is 0.272. The number of fused-ring (bicyclic) bond motifs is 1. The van der Waals surface area contributed by atoms with E-state index in [1.807, 2.05) is 12.1 Å². The monoisotopic (exact) mass is 302 g/mol. The summed E-state index contributed by atoms with van der Waals surface area (Å²) in [4.78, 5) is 3.17. The molecule has 2 rings (SSSR count). The van der Waals surface area contributed by atoms with Crippen LogP contribution in [0.3, 0.4) is 0 Å². The Morgan fingerprint density at radius 2 is 1.83 bits per heavy atom. The van der Waals surface area contributed by atoms with Crippen molar-refractivity contribution in [1.82, 2.24) is 9.55 Å². The Balaban J connectivity index is 2.47. The molecule has 0 radical (unpaired) electrons. The molecule has 0 saturated heterocycles. The van der Waals surface area contributed by atoms with Gasteiger partial charge in [-0.15, -0.1) is 0 Å². The summed E-state index contributed by atoms with van der Waals surface area (Å²) in [7, 11) is 0. The molecule has 0 bridgehead atoms. The molecule has 2 nitrogen and oxygen atoms in total. The lowest BCUT2D eigenvalue weighted by Crippen LogP contribution is -2.10. The number of hydrogen-bond donors (Lipinski definition) is 1. The summed E-state index contributed by atoms with van der Waals surface area (Å²) in [5, 5.41) is 1.10. The maximum absolute atomic E-state index is 6.07. The van der Waals surface area contributed by atoms with Gasteiger partial charge < -0.3 is 9.55 Å². The second kappa shape index (κ2) is 4.87. The molecule has 98 valence electrons. The third-order valence-electron chi connectivity index (χ3n) is 2.90. The minimum Gasteiger partial charge on any atom is -0.331 e. The molecule has 0 aliphatic heterocycles. The zero-order valence-corrected chi connectivity index (χ0v) is 13.0. The molecule has 1 aromatic carbocycles. The van der Waals surface area contributed by atoms with Crippen LogP contribution in [0.5, 0.6) is 0 Å². The lowest BCUT2D eigenvalue weighted by atomic mass is 9.92. The average molecular weight is 303 g/mol. The standard InChI is InChI=1S/C13H16Cl2N2S/c1-13(2,3)4-5-17-11-7-9(15)8(14)6-10(11)16-12(17)18/h6-7H,4-5H2,1-3H3,(H,16,18). The summed E-state index contributed by atoms with van der Waals surface area (Å²) in [6.07, 6.45) is 1.05. The summed E-state index contributed by atoms with van der Waals surface area (Å²) in [6.45, 7) is 7.53. The molecular weight excluding hydrogens is 287 g/mol. The molecule has 0 saturated carbocycles. The molecule has 0 atom stereocenters. The van der Waals surface area contributed by atoms with E-state index in [0.29, 0.717) is 14.8 Å². The number of nitrogens with zero attached hydrogens (tertiary/aromatic N) is 1. The van der Waals surface area contributed by atoms with E-state index in [0.717, 1.165) is 24.0 Å². The van der Waals surface area contributed by atoms with E-state index < -0.39 is 0 Å². The first-order chi connectivity index (χ1) is 8.28. The second-order valence-electron chi connectivity index (χ2n) is 5.68. The third-order valence-corrected chi connectivity index (χ3v) is 3.95. The van der Waals surface area contributed by atoms with Gasteiger partial charge in [0.25, 0.3) is 0 Å². The van der Waals surface area contributed by atoms with Gasteiger partial charge in [-0.3, -0.25) is 0 Å². The second-order valence-corrected chi connectivity index (χ2v) is 6.88. The number of H-pyrrole nitrogens is 1. The van der Waals surface area contributed by atoms with Crippen LogP contribution in [0.4, 0.5) is 0 Å². The Morgan fingerprint density at radius 3 is 2.44 bits per heavy atom. The van der Waals surface area contributed by atoms with Gasteiger partial charge in [0.05, 0.1) is 21.1 Å². The summed E-state index contributed by atoms with van der Waals surface area (Å²) in [5.41, 5.74) is 2.22. The average Bonchev–Trinajstić information content (AvgIpc) is 2.51. The van der Waals surface area contributed by atoms with E-state index in [1.165, 1.54) is 0 Å². The lowest BCUT2D eigenvalue weighted by molar-refractivity contribution is 0.352. The van der Waals surface area contributed by atoms with Crippen LogP contribution in [0.15, 0.2) is 12.1 Å². The van der Waals surface area contributed by atoms with E-state index in [4.69, 9.17) is 35.4 Å². The summed E-state index contributed by atoms with van der Waals surface area (Å²) >= 11 is 17.4. The molecule has 1 heterocycles. The summed E-state index contributed by atoms with van der Waals surface area (Å²) in [6, 6.07) is 3.69. The van der Waals surface area contributed by atoms with Gasteiger partial charge in [-0.25, -0.2) is 0 Å². The number of nitrogens with one attached hydrogen (secondary N) is 1. The highest BCUT2D eigenvalue weighted by Crippen LogP contribution is 2.28. The molecule has 1 N–H and O–H groups in total. The van der Waals surface area contributed by atoms with Crippen molar-refractivity contribution in [3.63, 3.8) is 0 Å². The zero-order valence-electron chi connectivity index (χ0n) is 10.7. The van der Waals surface area contributed by atoms with Crippen molar-refractivity contribution in [2.24, 2.45) is 5.41 Å². The quantitative estimate of drug-likeness (QED) is 0.732. The number of halogens is 2. The largest absolute Gasteiger partial charge is 0.331 e. The van der Waals surface area contributed by atoms with Crippen LogP contribution < -0.4 is 0 Å². The fourth-order valence-corrected chi connectivity index (χ4v) is 2.44. The fraction of sp³-hybridized carbons (Fsp3) is 0.462. The molecule has 0 aliphatic carbocycles. The van der Waals surface area contributed by atoms with E-state index >= 15 is 0 Å². The van der Waals surface area contributed by atoms with Gasteiger partial charge >= 0.3 is 0 Å². The van der Waals surface area contributed by atoms with Crippen LogP contribution in [0.1, 0.15) is 27.2 Å². The van der Waals surface area contributed by atoms with Gasteiger partial charge in [0, 0.05) is 6.54 Å². The minimum atomic E-state index is 0.272. The maximum atomic E-state index is 6.07. The highest BCUT2D eigenvalue weighted by atomic mass is 35.5. The summed E-state index contributed by atoms with van der Waals surface area (Å²) < 4.78 is 2.80. The molecular formula is C13H16Cl2N2S. The highest BCUT2D eigenvalue weighted by Gasteiger charge is 2.13. The van der Waals surface area contributed by atoms with Gasteiger partial charge in [-0.1, -0.05) is 44.0 Å². The zero-order chi connectivity index (χ0) is 13.5. The number of aromatic nitrogens is 2.